The highest BCUT2D eigenvalue weighted by Gasteiger charge is 2.28. The van der Waals surface area contributed by atoms with Crippen LogP contribution >= 0.6 is 0 Å². The number of halogens is 2. The van der Waals surface area contributed by atoms with Gasteiger partial charge in [0.15, 0.2) is 11.4 Å². The van der Waals surface area contributed by atoms with Gasteiger partial charge in [-0.3, -0.25) is 9.48 Å². The van der Waals surface area contributed by atoms with E-state index in [1.165, 1.54) is 17.6 Å². The van der Waals surface area contributed by atoms with Crippen molar-refractivity contribution >= 4 is 33.8 Å². The molecule has 1 saturated heterocycles. The lowest BCUT2D eigenvalue weighted by Crippen LogP contribution is -2.42. The molecule has 1 aromatic carbocycles. The van der Waals surface area contributed by atoms with E-state index in [1.54, 1.807) is 30.3 Å². The van der Waals surface area contributed by atoms with E-state index in [-0.39, 0.29) is 28.2 Å². The first-order valence-corrected chi connectivity index (χ1v) is 13.6. The van der Waals surface area contributed by atoms with Gasteiger partial charge in [0.25, 0.3) is 5.91 Å². The van der Waals surface area contributed by atoms with E-state index >= 15 is 8.78 Å². The average molecular weight is 538 g/mol. The van der Waals surface area contributed by atoms with E-state index in [0.717, 1.165) is 57.4 Å². The van der Waals surface area contributed by atoms with Gasteiger partial charge in [0.05, 0.1) is 18.5 Å². The van der Waals surface area contributed by atoms with Crippen LogP contribution in [0.25, 0.3) is 16.6 Å². The molecule has 1 aliphatic heterocycles. The zero-order valence-corrected chi connectivity index (χ0v) is 22.4. The molecule has 2 N–H and O–H groups in total. The number of benzene rings is 1. The van der Waals surface area contributed by atoms with Crippen molar-refractivity contribution in [2.24, 2.45) is 13.0 Å². The number of carbonyl (C=O) groups excluding carboxylic acids is 1. The van der Waals surface area contributed by atoms with Crippen molar-refractivity contribution in [1.82, 2.24) is 24.5 Å². The number of methoxy groups -OCH3 is 1. The van der Waals surface area contributed by atoms with Gasteiger partial charge in [0.1, 0.15) is 22.6 Å². The fourth-order valence-corrected chi connectivity index (χ4v) is 5.65. The molecule has 0 bridgehead atoms. The van der Waals surface area contributed by atoms with Crippen LogP contribution < -0.4 is 20.3 Å². The molecule has 1 aliphatic carbocycles. The standard InChI is InChI=1S/C28H33F2N7O2/c1-4-31-17-7-9-36(10-8-17)22-12-20(29)23(25-19(22)14-35(2)34-25)28(38)33-21-15-37-13-18(11-16-5-6-16)32-27(37)24(30)26(21)39-3/h12-17,31H,4-11H2,1-3H3,(H,33,38). The molecule has 39 heavy (non-hydrogen) atoms. The number of piperidine rings is 1. The monoisotopic (exact) mass is 537 g/mol. The molecule has 0 radical (unpaired) electrons. The van der Waals surface area contributed by atoms with Gasteiger partial charge in [0.2, 0.25) is 5.82 Å². The number of rotatable bonds is 8. The number of hydrogen-bond acceptors (Lipinski definition) is 6. The van der Waals surface area contributed by atoms with E-state index < -0.39 is 17.5 Å². The smallest absolute Gasteiger partial charge is 0.261 e. The predicted molar refractivity (Wildman–Crippen MR) is 146 cm³/mol. The maximum absolute atomic E-state index is 15.7. The summed E-state index contributed by atoms with van der Waals surface area (Å²) in [6.07, 6.45) is 10.1. The summed E-state index contributed by atoms with van der Waals surface area (Å²) < 4.78 is 39.5. The summed E-state index contributed by atoms with van der Waals surface area (Å²) in [5.74, 6) is -1.67. The Bertz CT molecular complexity index is 1550. The van der Waals surface area contributed by atoms with Gasteiger partial charge >= 0.3 is 0 Å². The first-order valence-electron chi connectivity index (χ1n) is 13.6. The summed E-state index contributed by atoms with van der Waals surface area (Å²) in [6.45, 7) is 4.56. The Balaban J connectivity index is 1.33. The van der Waals surface area contributed by atoms with Crippen molar-refractivity contribution in [3.8, 4) is 5.75 Å². The van der Waals surface area contributed by atoms with Crippen LogP contribution in [0.5, 0.6) is 5.75 Å². The zero-order chi connectivity index (χ0) is 27.3. The molecule has 3 aromatic heterocycles. The Morgan fingerprint density at radius 1 is 1.15 bits per heavy atom. The van der Waals surface area contributed by atoms with E-state index in [4.69, 9.17) is 4.74 Å². The fraction of sp³-hybridized carbons (Fsp3) is 0.464. The number of aryl methyl sites for hydroxylation is 1. The second-order valence-electron chi connectivity index (χ2n) is 10.6. The molecule has 2 aliphatic rings. The number of carbonyl (C=O) groups is 1. The number of fused-ring (bicyclic) bond motifs is 2. The number of nitrogens with one attached hydrogen (secondary N) is 2. The van der Waals surface area contributed by atoms with E-state index in [9.17, 15) is 4.79 Å². The van der Waals surface area contributed by atoms with Gasteiger partial charge in [-0.2, -0.15) is 9.49 Å². The van der Waals surface area contributed by atoms with E-state index in [1.807, 2.05) is 0 Å². The van der Waals surface area contributed by atoms with Crippen LogP contribution in [0.2, 0.25) is 0 Å². The molecule has 11 heteroatoms. The summed E-state index contributed by atoms with van der Waals surface area (Å²) >= 11 is 0. The number of amides is 1. The van der Waals surface area contributed by atoms with Crippen molar-refractivity contribution in [2.45, 2.75) is 45.1 Å². The number of imidazole rings is 1. The Morgan fingerprint density at radius 2 is 1.92 bits per heavy atom. The molecule has 6 rings (SSSR count). The summed E-state index contributed by atoms with van der Waals surface area (Å²) in [4.78, 5) is 20.1. The third-order valence-corrected chi connectivity index (χ3v) is 7.74. The number of pyridine rings is 1. The van der Waals surface area contributed by atoms with Gasteiger partial charge in [-0.15, -0.1) is 0 Å². The van der Waals surface area contributed by atoms with E-state index in [0.29, 0.717) is 23.0 Å². The van der Waals surface area contributed by atoms with Crippen LogP contribution in [-0.4, -0.2) is 57.9 Å². The van der Waals surface area contributed by atoms with Crippen molar-refractivity contribution in [1.29, 1.82) is 0 Å². The minimum atomic E-state index is -0.732. The minimum absolute atomic E-state index is 0.0842. The van der Waals surface area contributed by atoms with Crippen molar-refractivity contribution in [3.05, 3.63) is 47.5 Å². The van der Waals surface area contributed by atoms with Gasteiger partial charge in [-0.1, -0.05) is 6.92 Å². The Morgan fingerprint density at radius 3 is 2.62 bits per heavy atom. The summed E-state index contributed by atoms with van der Waals surface area (Å²) in [7, 11) is 3.07. The van der Waals surface area contributed by atoms with Crippen LogP contribution in [0.4, 0.5) is 20.2 Å². The second-order valence-corrected chi connectivity index (χ2v) is 10.6. The molecule has 0 spiro atoms. The lowest BCUT2D eigenvalue weighted by molar-refractivity contribution is 0.102. The van der Waals surface area contributed by atoms with Crippen LogP contribution in [0.15, 0.2) is 24.7 Å². The topological polar surface area (TPSA) is 88.7 Å². The van der Waals surface area contributed by atoms with Crippen molar-refractivity contribution in [2.75, 3.05) is 37.0 Å². The molecular formula is C28H33F2N7O2. The highest BCUT2D eigenvalue weighted by Crippen LogP contribution is 2.36. The molecule has 4 heterocycles. The minimum Gasteiger partial charge on any atom is -0.491 e. The fourth-order valence-electron chi connectivity index (χ4n) is 5.65. The van der Waals surface area contributed by atoms with Crippen LogP contribution in [0, 0.1) is 17.6 Å². The highest BCUT2D eigenvalue weighted by molar-refractivity contribution is 6.14. The molecule has 0 unspecified atom stereocenters. The molecule has 9 nitrogen and oxygen atoms in total. The van der Waals surface area contributed by atoms with Crippen LogP contribution in [0.1, 0.15) is 48.7 Å². The Hall–Kier alpha value is -3.73. The Kier molecular flexibility index (Phi) is 6.62. The lowest BCUT2D eigenvalue weighted by Gasteiger charge is -2.34. The van der Waals surface area contributed by atoms with Crippen LogP contribution in [-0.2, 0) is 13.5 Å². The van der Waals surface area contributed by atoms with Crippen molar-refractivity contribution in [3.63, 3.8) is 0 Å². The Labute approximate surface area is 225 Å². The van der Waals surface area contributed by atoms with Crippen LogP contribution in [0.3, 0.4) is 0 Å². The molecule has 0 atom stereocenters. The summed E-state index contributed by atoms with van der Waals surface area (Å²) in [5.41, 5.74) is 1.78. The molecule has 206 valence electrons. The molecule has 1 amide bonds. The third kappa shape index (κ3) is 4.80. The number of anilines is 2. The van der Waals surface area contributed by atoms with Gasteiger partial charge in [-0.25, -0.2) is 9.37 Å². The first kappa shape index (κ1) is 25.5. The predicted octanol–water partition coefficient (Wildman–Crippen LogP) is 4.29. The molecule has 4 aromatic rings. The number of ether oxygens (including phenoxy) is 1. The lowest BCUT2D eigenvalue weighted by atomic mass is 10.0. The van der Waals surface area contributed by atoms with Gasteiger partial charge in [-0.05, 0) is 50.6 Å². The normalized spacial score (nSPS) is 16.4. The molecule has 2 fully saturated rings. The quantitative estimate of drug-likeness (QED) is 0.349. The van der Waals surface area contributed by atoms with E-state index in [2.05, 4.69) is 32.5 Å². The van der Waals surface area contributed by atoms with Crippen molar-refractivity contribution < 1.29 is 18.3 Å². The summed E-state index contributed by atoms with van der Waals surface area (Å²) in [5, 5.41) is 11.3. The first-order chi connectivity index (χ1) is 18.9. The number of aromatic nitrogens is 4. The maximum atomic E-state index is 15.7. The summed E-state index contributed by atoms with van der Waals surface area (Å²) in [6, 6.07) is 1.85. The largest absolute Gasteiger partial charge is 0.491 e. The number of hydrogen-bond donors (Lipinski definition) is 2. The molecular weight excluding hydrogens is 504 g/mol. The van der Waals surface area contributed by atoms with Gasteiger partial charge in [0, 0.05) is 50.2 Å². The highest BCUT2D eigenvalue weighted by atomic mass is 19.1. The average Bonchev–Trinajstić information content (AvgIpc) is 3.49. The zero-order valence-electron chi connectivity index (χ0n) is 22.4. The second kappa shape index (κ2) is 10.1. The maximum Gasteiger partial charge on any atom is 0.261 e. The molecule has 1 saturated carbocycles. The number of nitrogens with zero attached hydrogens (tertiary/aromatic N) is 5. The third-order valence-electron chi connectivity index (χ3n) is 7.74. The SMILES string of the molecule is CCNC1CCN(c2cc(F)c(C(=O)Nc3cn4cc(CC5CC5)nc4c(F)c3OC)c3nn(C)cc23)CC1. The van der Waals surface area contributed by atoms with Gasteiger partial charge < -0.3 is 24.7 Å².